The predicted molar refractivity (Wildman–Crippen MR) is 137 cm³/mol. The van der Waals surface area contributed by atoms with Crippen LogP contribution in [0.25, 0.3) is 0 Å². The quantitative estimate of drug-likeness (QED) is 0.522. The molecule has 2 aromatic carbocycles. The fraction of sp³-hybridized carbons (Fsp3) is 0.462. The van der Waals surface area contributed by atoms with Crippen LogP contribution >= 0.6 is 0 Å². The van der Waals surface area contributed by atoms with Gasteiger partial charge in [-0.15, -0.1) is 0 Å². The number of sulfonamides is 1. The van der Waals surface area contributed by atoms with E-state index >= 15 is 0 Å². The first kappa shape index (κ1) is 27.4. The first-order chi connectivity index (χ1) is 15.9. The molecule has 0 bridgehead atoms. The first-order valence-electron chi connectivity index (χ1n) is 11.6. The molecule has 186 valence electrons. The van der Waals surface area contributed by atoms with Crippen molar-refractivity contribution in [2.75, 3.05) is 17.1 Å². The van der Waals surface area contributed by atoms with Crippen molar-refractivity contribution in [3.8, 4) is 0 Å². The highest BCUT2D eigenvalue weighted by Crippen LogP contribution is 2.24. The Morgan fingerprint density at radius 1 is 1.00 bits per heavy atom. The summed E-state index contributed by atoms with van der Waals surface area (Å²) in [5, 5.41) is 2.87. The van der Waals surface area contributed by atoms with Crippen LogP contribution in [0.3, 0.4) is 0 Å². The van der Waals surface area contributed by atoms with Crippen molar-refractivity contribution in [3.05, 3.63) is 65.2 Å². The van der Waals surface area contributed by atoms with E-state index in [0.29, 0.717) is 18.7 Å². The lowest BCUT2D eigenvalue weighted by atomic mass is 10.1. The molecule has 0 aliphatic rings. The molecule has 2 amide bonds. The first-order valence-corrected chi connectivity index (χ1v) is 13.4. The summed E-state index contributed by atoms with van der Waals surface area (Å²) >= 11 is 0. The maximum atomic E-state index is 13.2. The van der Waals surface area contributed by atoms with Crippen LogP contribution in [0.15, 0.2) is 48.5 Å². The summed E-state index contributed by atoms with van der Waals surface area (Å²) in [6.45, 7) is 9.74. The second-order valence-corrected chi connectivity index (χ2v) is 11.0. The summed E-state index contributed by atoms with van der Waals surface area (Å²) in [7, 11) is -3.52. The Hall–Kier alpha value is -2.87. The van der Waals surface area contributed by atoms with Crippen molar-refractivity contribution in [2.45, 2.75) is 66.1 Å². The van der Waals surface area contributed by atoms with Gasteiger partial charge in [0.1, 0.15) is 6.04 Å². The molecule has 0 aromatic heterocycles. The largest absolute Gasteiger partial charge is 0.352 e. The molecule has 34 heavy (non-hydrogen) atoms. The van der Waals surface area contributed by atoms with Gasteiger partial charge in [-0.3, -0.25) is 13.9 Å². The molecular weight excluding hydrogens is 450 g/mol. The zero-order valence-corrected chi connectivity index (χ0v) is 21.9. The van der Waals surface area contributed by atoms with Crippen molar-refractivity contribution in [3.63, 3.8) is 0 Å². The van der Waals surface area contributed by atoms with Gasteiger partial charge in [0.05, 0.1) is 11.9 Å². The minimum Gasteiger partial charge on any atom is -0.352 e. The van der Waals surface area contributed by atoms with Crippen molar-refractivity contribution >= 4 is 27.5 Å². The SMILES string of the molecule is Cc1ccc(C)c(N(CCCC(=O)N(Cc2ccccc2)C(C)C(=O)NC(C)C)S(C)(=O)=O)c1. The van der Waals surface area contributed by atoms with Crippen molar-refractivity contribution < 1.29 is 18.0 Å². The van der Waals surface area contributed by atoms with Gasteiger partial charge in [-0.2, -0.15) is 0 Å². The maximum absolute atomic E-state index is 13.2. The highest BCUT2D eigenvalue weighted by Gasteiger charge is 2.27. The van der Waals surface area contributed by atoms with Crippen LogP contribution in [-0.2, 0) is 26.2 Å². The number of rotatable bonds is 11. The number of anilines is 1. The molecule has 0 aliphatic carbocycles. The molecule has 0 fully saturated rings. The topological polar surface area (TPSA) is 86.8 Å². The number of hydrogen-bond donors (Lipinski definition) is 1. The van der Waals surface area contributed by atoms with Gasteiger partial charge in [-0.1, -0.05) is 42.5 Å². The third-order valence-corrected chi connectivity index (χ3v) is 6.76. The second kappa shape index (κ2) is 12.0. The summed E-state index contributed by atoms with van der Waals surface area (Å²) in [4.78, 5) is 27.5. The van der Waals surface area contributed by atoms with Crippen LogP contribution in [-0.4, -0.2) is 50.0 Å². The summed E-state index contributed by atoms with van der Waals surface area (Å²) < 4.78 is 26.4. The van der Waals surface area contributed by atoms with Crippen molar-refractivity contribution in [1.82, 2.24) is 10.2 Å². The van der Waals surface area contributed by atoms with E-state index in [1.165, 1.54) is 10.6 Å². The number of carbonyl (C=O) groups excluding carboxylic acids is 2. The minimum absolute atomic E-state index is 0.0375. The molecule has 0 heterocycles. The lowest BCUT2D eigenvalue weighted by molar-refractivity contribution is -0.140. The number of nitrogens with zero attached hydrogens (tertiary/aromatic N) is 2. The maximum Gasteiger partial charge on any atom is 0.242 e. The van der Waals surface area contributed by atoms with Gasteiger partial charge in [-0.25, -0.2) is 8.42 Å². The molecule has 0 aliphatic heterocycles. The molecular formula is C26H37N3O4S. The Morgan fingerprint density at radius 2 is 1.65 bits per heavy atom. The lowest BCUT2D eigenvalue weighted by Gasteiger charge is -2.30. The number of nitrogens with one attached hydrogen (secondary N) is 1. The van der Waals surface area contributed by atoms with Crippen LogP contribution in [0.2, 0.25) is 0 Å². The van der Waals surface area contributed by atoms with E-state index in [0.717, 1.165) is 16.7 Å². The summed E-state index contributed by atoms with van der Waals surface area (Å²) in [6.07, 6.45) is 1.64. The van der Waals surface area contributed by atoms with E-state index in [4.69, 9.17) is 0 Å². The standard InChI is InChI=1S/C26H37N3O4S/c1-19(2)27-26(31)22(5)28(18-23-11-8-7-9-12-23)25(30)13-10-16-29(34(6,32)33)24-17-20(3)14-15-21(24)4/h7-9,11-12,14-15,17,19,22H,10,13,16,18H2,1-6H3,(H,27,31). The molecule has 7 nitrogen and oxygen atoms in total. The van der Waals surface area contributed by atoms with Crippen LogP contribution in [0.1, 0.15) is 50.3 Å². The Bertz CT molecular complexity index is 1080. The van der Waals surface area contributed by atoms with Crippen LogP contribution in [0.5, 0.6) is 0 Å². The number of hydrogen-bond acceptors (Lipinski definition) is 4. The fourth-order valence-electron chi connectivity index (χ4n) is 3.74. The molecule has 0 radical (unpaired) electrons. The molecule has 8 heteroatoms. The normalized spacial score (nSPS) is 12.3. The zero-order chi connectivity index (χ0) is 25.5. The van der Waals surface area contributed by atoms with Gasteiger partial charge in [0, 0.05) is 25.6 Å². The summed E-state index contributed by atoms with van der Waals surface area (Å²) in [5.41, 5.74) is 3.37. The van der Waals surface area contributed by atoms with E-state index in [1.807, 2.05) is 76.2 Å². The molecule has 1 atom stereocenters. The van der Waals surface area contributed by atoms with Crippen LogP contribution in [0, 0.1) is 13.8 Å². The highest BCUT2D eigenvalue weighted by molar-refractivity contribution is 7.92. The van der Waals surface area contributed by atoms with Crippen molar-refractivity contribution in [1.29, 1.82) is 0 Å². The van der Waals surface area contributed by atoms with E-state index < -0.39 is 16.1 Å². The van der Waals surface area contributed by atoms with Crippen LogP contribution in [0.4, 0.5) is 5.69 Å². The Kier molecular flexibility index (Phi) is 9.67. The van der Waals surface area contributed by atoms with E-state index in [9.17, 15) is 18.0 Å². The molecule has 1 N–H and O–H groups in total. The fourth-order valence-corrected chi connectivity index (χ4v) is 4.75. The molecule has 0 saturated carbocycles. The average molecular weight is 488 g/mol. The Morgan fingerprint density at radius 3 is 2.24 bits per heavy atom. The average Bonchev–Trinajstić information content (AvgIpc) is 2.75. The molecule has 2 aromatic rings. The monoisotopic (exact) mass is 487 g/mol. The predicted octanol–water partition coefficient (Wildman–Crippen LogP) is 3.79. The Labute approximate surface area is 204 Å². The van der Waals surface area contributed by atoms with Gasteiger partial charge in [0.25, 0.3) is 0 Å². The number of benzene rings is 2. The molecule has 1 unspecified atom stereocenters. The third kappa shape index (κ3) is 7.87. The van der Waals surface area contributed by atoms with Gasteiger partial charge < -0.3 is 10.2 Å². The van der Waals surface area contributed by atoms with E-state index in [-0.39, 0.29) is 30.8 Å². The van der Waals surface area contributed by atoms with Crippen LogP contribution < -0.4 is 9.62 Å². The zero-order valence-electron chi connectivity index (χ0n) is 21.0. The Balaban J connectivity index is 2.18. The van der Waals surface area contributed by atoms with Crippen molar-refractivity contribution in [2.24, 2.45) is 0 Å². The van der Waals surface area contributed by atoms with Gasteiger partial charge in [-0.05, 0) is 63.8 Å². The van der Waals surface area contributed by atoms with Gasteiger partial charge in [0.2, 0.25) is 21.8 Å². The lowest BCUT2D eigenvalue weighted by Crippen LogP contribution is -2.49. The smallest absolute Gasteiger partial charge is 0.242 e. The molecule has 0 saturated heterocycles. The summed E-state index contributed by atoms with van der Waals surface area (Å²) in [6, 6.07) is 14.5. The van der Waals surface area contributed by atoms with Gasteiger partial charge in [0.15, 0.2) is 0 Å². The van der Waals surface area contributed by atoms with Gasteiger partial charge >= 0.3 is 0 Å². The minimum atomic E-state index is -3.52. The second-order valence-electron chi connectivity index (χ2n) is 9.08. The highest BCUT2D eigenvalue weighted by atomic mass is 32.2. The number of aryl methyl sites for hydroxylation is 2. The number of carbonyl (C=O) groups is 2. The van der Waals surface area contributed by atoms with E-state index in [1.54, 1.807) is 11.8 Å². The number of amides is 2. The molecule has 0 spiro atoms. The third-order valence-electron chi connectivity index (χ3n) is 5.58. The summed E-state index contributed by atoms with van der Waals surface area (Å²) in [5.74, 6) is -0.405. The molecule has 2 rings (SSSR count). The van der Waals surface area contributed by atoms with E-state index in [2.05, 4.69) is 5.32 Å².